The zero-order valence-corrected chi connectivity index (χ0v) is 12.6. The average molecular weight is 307 g/mol. The molecule has 21 heavy (non-hydrogen) atoms. The summed E-state index contributed by atoms with van der Waals surface area (Å²) in [7, 11) is 0. The number of hydrogen-bond donors (Lipinski definition) is 1. The molecule has 3 rings (SSSR count). The van der Waals surface area contributed by atoms with E-state index in [1.807, 2.05) is 24.3 Å². The van der Waals surface area contributed by atoms with Crippen molar-refractivity contribution < 1.29 is 9.26 Å². The monoisotopic (exact) mass is 306 g/mol. The van der Waals surface area contributed by atoms with Crippen molar-refractivity contribution in [2.45, 2.75) is 38.2 Å². The van der Waals surface area contributed by atoms with Gasteiger partial charge in [-0.25, -0.2) is 0 Å². The molecule has 0 radical (unpaired) electrons. The van der Waals surface area contributed by atoms with E-state index in [0.717, 1.165) is 42.7 Å². The summed E-state index contributed by atoms with van der Waals surface area (Å²) in [6, 6.07) is 7.59. The summed E-state index contributed by atoms with van der Waals surface area (Å²) >= 11 is 6.05. The van der Waals surface area contributed by atoms with Crippen LogP contribution in [0.2, 0.25) is 5.02 Å². The molecule has 2 N–H and O–H groups in total. The molecule has 2 aromatic rings. The van der Waals surface area contributed by atoms with Crippen LogP contribution in [0.1, 0.15) is 31.4 Å². The predicted molar refractivity (Wildman–Crippen MR) is 83.3 cm³/mol. The van der Waals surface area contributed by atoms with Crippen LogP contribution in [0.5, 0.6) is 0 Å². The number of halogens is 1. The second kappa shape index (κ2) is 6.50. The van der Waals surface area contributed by atoms with E-state index < -0.39 is 0 Å². The van der Waals surface area contributed by atoms with Crippen molar-refractivity contribution in [1.82, 2.24) is 5.16 Å². The van der Waals surface area contributed by atoms with E-state index in [-0.39, 0.29) is 0 Å². The van der Waals surface area contributed by atoms with Crippen LogP contribution in [0.4, 0.5) is 5.88 Å². The molecule has 1 saturated heterocycles. The lowest BCUT2D eigenvalue weighted by atomic mass is 9.99. The molecule has 1 fully saturated rings. The number of nitrogens with zero attached hydrogens (tertiary/aromatic N) is 1. The van der Waals surface area contributed by atoms with Gasteiger partial charge in [-0.15, -0.1) is 0 Å². The van der Waals surface area contributed by atoms with E-state index in [2.05, 4.69) is 5.16 Å². The molecule has 4 nitrogen and oxygen atoms in total. The molecule has 1 aromatic heterocycles. The van der Waals surface area contributed by atoms with Crippen LogP contribution >= 0.6 is 11.6 Å². The first-order valence-corrected chi connectivity index (χ1v) is 7.73. The molecule has 1 aliphatic heterocycles. The summed E-state index contributed by atoms with van der Waals surface area (Å²) in [5, 5.41) is 4.78. The van der Waals surface area contributed by atoms with Gasteiger partial charge in [0.05, 0.1) is 17.4 Å². The number of hydrogen-bond acceptors (Lipinski definition) is 4. The van der Waals surface area contributed by atoms with E-state index in [9.17, 15) is 0 Å². The van der Waals surface area contributed by atoms with Crippen LogP contribution in [0.3, 0.4) is 0 Å². The number of rotatable bonds is 4. The van der Waals surface area contributed by atoms with E-state index in [4.69, 9.17) is 26.6 Å². The second-order valence-corrected chi connectivity index (χ2v) is 5.84. The fourth-order valence-electron chi connectivity index (χ4n) is 2.79. The lowest BCUT2D eigenvalue weighted by Crippen LogP contribution is -2.19. The van der Waals surface area contributed by atoms with E-state index in [1.165, 1.54) is 12.8 Å². The molecule has 2 heterocycles. The molecular weight excluding hydrogens is 288 g/mol. The second-order valence-electron chi connectivity index (χ2n) is 5.41. The molecular formula is C16H19ClN2O2. The van der Waals surface area contributed by atoms with Gasteiger partial charge in [-0.05, 0) is 49.8 Å². The fourth-order valence-corrected chi connectivity index (χ4v) is 2.98. The van der Waals surface area contributed by atoms with Crippen LogP contribution in [0, 0.1) is 0 Å². The third-order valence-corrected chi connectivity index (χ3v) is 4.11. The predicted octanol–water partition coefficient (Wildman–Crippen LogP) is 4.08. The normalized spacial score (nSPS) is 18.8. The summed E-state index contributed by atoms with van der Waals surface area (Å²) in [4.78, 5) is 0. The highest BCUT2D eigenvalue weighted by atomic mass is 35.5. The van der Waals surface area contributed by atoms with Gasteiger partial charge in [0, 0.05) is 11.6 Å². The minimum Gasteiger partial charge on any atom is -0.378 e. The number of aromatic nitrogens is 1. The summed E-state index contributed by atoms with van der Waals surface area (Å²) in [5.74, 6) is 0.344. The number of anilines is 1. The van der Waals surface area contributed by atoms with Crippen molar-refractivity contribution in [3.8, 4) is 11.1 Å². The van der Waals surface area contributed by atoms with Crippen LogP contribution in [-0.4, -0.2) is 17.9 Å². The van der Waals surface area contributed by atoms with Crippen molar-refractivity contribution in [1.29, 1.82) is 0 Å². The summed E-state index contributed by atoms with van der Waals surface area (Å²) in [6.45, 7) is 0.868. The standard InChI is InChI=1S/C16H19ClN2O2/c17-12-5-3-4-11(10-12)15-14(19-21-16(15)18)8-7-13-6-1-2-9-20-13/h3-5,10,13H,1-2,6-9,18H2. The van der Waals surface area contributed by atoms with Gasteiger partial charge in [0.1, 0.15) is 0 Å². The maximum absolute atomic E-state index is 6.05. The first kappa shape index (κ1) is 14.4. The Hall–Kier alpha value is -1.52. The Balaban J connectivity index is 1.77. The molecule has 0 aliphatic carbocycles. The van der Waals surface area contributed by atoms with Gasteiger partial charge in [-0.2, -0.15) is 0 Å². The molecule has 1 aliphatic rings. The SMILES string of the molecule is Nc1onc(CCC2CCCCO2)c1-c1cccc(Cl)c1. The number of benzene rings is 1. The van der Waals surface area contributed by atoms with Gasteiger partial charge in [0.2, 0.25) is 5.88 Å². The molecule has 0 saturated carbocycles. The molecule has 1 atom stereocenters. The van der Waals surface area contributed by atoms with Gasteiger partial charge < -0.3 is 15.0 Å². The lowest BCUT2D eigenvalue weighted by Gasteiger charge is -2.22. The third-order valence-electron chi connectivity index (χ3n) is 3.88. The topological polar surface area (TPSA) is 61.3 Å². The zero-order chi connectivity index (χ0) is 14.7. The largest absolute Gasteiger partial charge is 0.378 e. The van der Waals surface area contributed by atoms with Crippen LogP contribution in [0.15, 0.2) is 28.8 Å². The molecule has 112 valence electrons. The van der Waals surface area contributed by atoms with E-state index in [1.54, 1.807) is 0 Å². The Labute approximate surface area is 129 Å². The van der Waals surface area contributed by atoms with Crippen molar-refractivity contribution >= 4 is 17.5 Å². The number of nitrogen functional groups attached to an aromatic ring is 1. The smallest absolute Gasteiger partial charge is 0.230 e. The number of aryl methyl sites for hydroxylation is 1. The van der Waals surface area contributed by atoms with Gasteiger partial charge in [0.15, 0.2) is 0 Å². The average Bonchev–Trinajstić information content (AvgIpc) is 2.87. The Bertz CT molecular complexity index is 606. The molecule has 1 unspecified atom stereocenters. The maximum atomic E-state index is 6.05. The number of nitrogens with two attached hydrogens (primary N) is 1. The molecule has 0 spiro atoms. The van der Waals surface area contributed by atoms with Crippen LogP contribution in [0.25, 0.3) is 11.1 Å². The Morgan fingerprint density at radius 2 is 2.24 bits per heavy atom. The molecule has 5 heteroatoms. The first-order chi connectivity index (χ1) is 10.2. The minimum absolute atomic E-state index is 0.323. The van der Waals surface area contributed by atoms with Crippen molar-refractivity contribution in [3.63, 3.8) is 0 Å². The highest BCUT2D eigenvalue weighted by Crippen LogP contribution is 2.32. The summed E-state index contributed by atoms with van der Waals surface area (Å²) in [5.41, 5.74) is 8.61. The van der Waals surface area contributed by atoms with Crippen LogP contribution < -0.4 is 5.73 Å². The lowest BCUT2D eigenvalue weighted by molar-refractivity contribution is 0.0113. The fraction of sp³-hybridized carbons (Fsp3) is 0.438. The van der Waals surface area contributed by atoms with Gasteiger partial charge >= 0.3 is 0 Å². The highest BCUT2D eigenvalue weighted by Gasteiger charge is 2.19. The quantitative estimate of drug-likeness (QED) is 0.924. The third kappa shape index (κ3) is 3.39. The van der Waals surface area contributed by atoms with Gasteiger partial charge in [-0.1, -0.05) is 28.9 Å². The maximum Gasteiger partial charge on any atom is 0.230 e. The Morgan fingerprint density at radius 1 is 1.33 bits per heavy atom. The molecule has 1 aromatic carbocycles. The summed E-state index contributed by atoms with van der Waals surface area (Å²) in [6.07, 6.45) is 5.60. The Kier molecular flexibility index (Phi) is 4.46. The van der Waals surface area contributed by atoms with E-state index in [0.29, 0.717) is 17.0 Å². The van der Waals surface area contributed by atoms with Gasteiger partial charge in [0.25, 0.3) is 0 Å². The van der Waals surface area contributed by atoms with Crippen molar-refractivity contribution in [3.05, 3.63) is 35.0 Å². The molecule has 0 amide bonds. The van der Waals surface area contributed by atoms with Crippen molar-refractivity contribution in [2.24, 2.45) is 0 Å². The van der Waals surface area contributed by atoms with Crippen LogP contribution in [-0.2, 0) is 11.2 Å². The van der Waals surface area contributed by atoms with E-state index >= 15 is 0 Å². The summed E-state index contributed by atoms with van der Waals surface area (Å²) < 4.78 is 10.9. The Morgan fingerprint density at radius 3 is 3.00 bits per heavy atom. The first-order valence-electron chi connectivity index (χ1n) is 7.35. The molecule has 0 bridgehead atoms. The zero-order valence-electron chi connectivity index (χ0n) is 11.8. The highest BCUT2D eigenvalue weighted by molar-refractivity contribution is 6.30. The minimum atomic E-state index is 0.323. The number of ether oxygens (including phenoxy) is 1. The van der Waals surface area contributed by atoms with Crippen molar-refractivity contribution in [2.75, 3.05) is 12.3 Å². The van der Waals surface area contributed by atoms with Gasteiger partial charge in [-0.3, -0.25) is 0 Å².